The van der Waals surface area contributed by atoms with E-state index in [4.69, 9.17) is 10.5 Å². The van der Waals surface area contributed by atoms with Crippen molar-refractivity contribution in [2.75, 3.05) is 7.11 Å². The fraction of sp³-hybridized carbons (Fsp3) is 0.609. The summed E-state index contributed by atoms with van der Waals surface area (Å²) in [7, 11) is 1.62. The van der Waals surface area contributed by atoms with Gasteiger partial charge in [-0.1, -0.05) is 31.9 Å². The molecule has 0 spiro atoms. The molecule has 3 nitrogen and oxygen atoms in total. The highest BCUT2D eigenvalue weighted by Crippen LogP contribution is 2.61. The third-order valence-corrected chi connectivity index (χ3v) is 7.36. The Bertz CT molecular complexity index is 736. The van der Waals surface area contributed by atoms with Gasteiger partial charge in [0.15, 0.2) is 0 Å². The number of methoxy groups -OCH3 is 1. The molecule has 2 fully saturated rings. The highest BCUT2D eigenvalue weighted by atomic mass is 16.5. The van der Waals surface area contributed by atoms with Crippen LogP contribution in [0.1, 0.15) is 80.3 Å². The Hall–Kier alpha value is -1.77. The molecule has 1 aromatic carbocycles. The van der Waals surface area contributed by atoms with E-state index in [9.17, 15) is 4.79 Å². The Labute approximate surface area is 158 Å². The SMILES string of the molecule is C/C=C1/CCC2C(CC)C(c3cc(OC)c(C(N)=O)cc3C)CCC12C. The second-order valence-corrected chi connectivity index (χ2v) is 8.37. The molecule has 2 N–H and O–H groups in total. The highest BCUT2D eigenvalue weighted by molar-refractivity contribution is 5.96. The fourth-order valence-electron chi connectivity index (χ4n) is 6.03. The molecule has 3 rings (SSSR count). The van der Waals surface area contributed by atoms with Crippen LogP contribution < -0.4 is 10.5 Å². The van der Waals surface area contributed by atoms with Crippen LogP contribution in [0.15, 0.2) is 23.8 Å². The van der Waals surface area contributed by atoms with Crippen molar-refractivity contribution < 1.29 is 9.53 Å². The molecule has 4 atom stereocenters. The van der Waals surface area contributed by atoms with E-state index < -0.39 is 5.91 Å². The van der Waals surface area contributed by atoms with Crippen molar-refractivity contribution in [3.05, 3.63) is 40.5 Å². The topological polar surface area (TPSA) is 52.3 Å². The average Bonchev–Trinajstić information content (AvgIpc) is 2.97. The standard InChI is InChI=1S/C23H33NO2/c1-6-15-8-9-20-16(7-2)17(10-11-23(15,20)4)18-13-21(26-5)19(22(24)25)12-14(18)3/h6,12-13,16-17,20H,7-11H2,1-5H3,(H2,24,25)/b15-6-. The molecule has 0 aromatic heterocycles. The van der Waals surface area contributed by atoms with Gasteiger partial charge in [-0.3, -0.25) is 4.79 Å². The maximum Gasteiger partial charge on any atom is 0.252 e. The molecule has 26 heavy (non-hydrogen) atoms. The number of rotatable bonds is 4. The van der Waals surface area contributed by atoms with E-state index in [0.29, 0.717) is 28.6 Å². The normalized spacial score (nSPS) is 32.5. The summed E-state index contributed by atoms with van der Waals surface area (Å²) < 4.78 is 5.49. The van der Waals surface area contributed by atoms with Crippen LogP contribution in [0.5, 0.6) is 5.75 Å². The molecule has 4 unspecified atom stereocenters. The molecule has 1 aromatic rings. The number of carbonyl (C=O) groups is 1. The molecule has 0 heterocycles. The summed E-state index contributed by atoms with van der Waals surface area (Å²) in [6.07, 6.45) is 8.56. The molecule has 1 amide bonds. The molecule has 0 radical (unpaired) electrons. The van der Waals surface area contributed by atoms with E-state index in [1.165, 1.54) is 37.7 Å². The second kappa shape index (κ2) is 7.09. The third-order valence-electron chi connectivity index (χ3n) is 7.36. The van der Waals surface area contributed by atoms with Crippen molar-refractivity contribution in [3.8, 4) is 5.75 Å². The Kier molecular flexibility index (Phi) is 5.18. The van der Waals surface area contributed by atoms with E-state index in [1.54, 1.807) is 12.7 Å². The van der Waals surface area contributed by atoms with Crippen molar-refractivity contribution in [1.29, 1.82) is 0 Å². The summed E-state index contributed by atoms with van der Waals surface area (Å²) in [6.45, 7) is 9.13. The van der Waals surface area contributed by atoms with Gasteiger partial charge in [-0.05, 0) is 86.0 Å². The van der Waals surface area contributed by atoms with E-state index >= 15 is 0 Å². The molecule has 0 bridgehead atoms. The first-order chi connectivity index (χ1) is 12.4. The molecule has 3 heteroatoms. The van der Waals surface area contributed by atoms with Crippen molar-refractivity contribution in [2.24, 2.45) is 23.0 Å². The number of carbonyl (C=O) groups excluding carboxylic acids is 1. The van der Waals surface area contributed by atoms with Crippen LogP contribution in [0.3, 0.4) is 0 Å². The Morgan fingerprint density at radius 2 is 2.12 bits per heavy atom. The summed E-state index contributed by atoms with van der Waals surface area (Å²) in [5.41, 5.74) is 10.6. The smallest absolute Gasteiger partial charge is 0.252 e. The molecular formula is C23H33NO2. The van der Waals surface area contributed by atoms with Crippen molar-refractivity contribution in [3.63, 3.8) is 0 Å². The lowest BCUT2D eigenvalue weighted by molar-refractivity contribution is 0.0900. The molecule has 0 aliphatic heterocycles. The lowest BCUT2D eigenvalue weighted by atomic mass is 9.57. The van der Waals surface area contributed by atoms with Gasteiger partial charge in [-0.15, -0.1) is 0 Å². The first-order valence-corrected chi connectivity index (χ1v) is 10.0. The Morgan fingerprint density at radius 1 is 1.38 bits per heavy atom. The maximum atomic E-state index is 11.7. The first kappa shape index (κ1) is 19.0. The number of hydrogen-bond donors (Lipinski definition) is 1. The van der Waals surface area contributed by atoms with Gasteiger partial charge < -0.3 is 10.5 Å². The van der Waals surface area contributed by atoms with Crippen LogP contribution in [0.25, 0.3) is 0 Å². The van der Waals surface area contributed by atoms with Crippen LogP contribution in [0.4, 0.5) is 0 Å². The third kappa shape index (κ3) is 2.86. The van der Waals surface area contributed by atoms with Gasteiger partial charge in [0.25, 0.3) is 5.91 Å². The van der Waals surface area contributed by atoms with Gasteiger partial charge in [0.2, 0.25) is 0 Å². The summed E-state index contributed by atoms with van der Waals surface area (Å²) >= 11 is 0. The number of aryl methyl sites for hydroxylation is 1. The van der Waals surface area contributed by atoms with Crippen molar-refractivity contribution >= 4 is 5.91 Å². The van der Waals surface area contributed by atoms with E-state index in [1.807, 2.05) is 6.07 Å². The zero-order valence-corrected chi connectivity index (χ0v) is 16.9. The zero-order valence-electron chi connectivity index (χ0n) is 16.9. The summed E-state index contributed by atoms with van der Waals surface area (Å²) in [5, 5.41) is 0. The fourth-order valence-corrected chi connectivity index (χ4v) is 6.03. The summed E-state index contributed by atoms with van der Waals surface area (Å²) in [5.74, 6) is 2.15. The summed E-state index contributed by atoms with van der Waals surface area (Å²) in [4.78, 5) is 11.7. The van der Waals surface area contributed by atoms with Crippen molar-refractivity contribution in [1.82, 2.24) is 0 Å². The van der Waals surface area contributed by atoms with E-state index in [2.05, 4.69) is 39.8 Å². The predicted octanol–water partition coefficient (Wildman–Crippen LogP) is 5.37. The van der Waals surface area contributed by atoms with Crippen LogP contribution in [-0.2, 0) is 0 Å². The molecular weight excluding hydrogens is 322 g/mol. The Morgan fingerprint density at radius 3 is 2.69 bits per heavy atom. The quantitative estimate of drug-likeness (QED) is 0.738. The van der Waals surface area contributed by atoms with Crippen LogP contribution >= 0.6 is 0 Å². The number of allylic oxidation sites excluding steroid dienone is 2. The number of benzene rings is 1. The number of ether oxygens (including phenoxy) is 1. The molecule has 2 saturated carbocycles. The number of hydrogen-bond acceptors (Lipinski definition) is 2. The lowest BCUT2D eigenvalue weighted by Crippen LogP contribution is -2.38. The molecule has 0 saturated heterocycles. The Balaban J connectivity index is 2.01. The average molecular weight is 356 g/mol. The van der Waals surface area contributed by atoms with E-state index in [0.717, 1.165) is 11.5 Å². The predicted molar refractivity (Wildman–Crippen MR) is 107 cm³/mol. The highest BCUT2D eigenvalue weighted by Gasteiger charge is 2.50. The number of fused-ring (bicyclic) bond motifs is 1. The molecule has 2 aliphatic carbocycles. The molecule has 142 valence electrons. The number of nitrogens with two attached hydrogens (primary N) is 1. The van der Waals surface area contributed by atoms with Crippen molar-refractivity contribution in [2.45, 2.75) is 65.7 Å². The second-order valence-electron chi connectivity index (χ2n) is 8.37. The van der Waals surface area contributed by atoms with Crippen LogP contribution in [-0.4, -0.2) is 13.0 Å². The van der Waals surface area contributed by atoms with Gasteiger partial charge in [0.1, 0.15) is 5.75 Å². The van der Waals surface area contributed by atoms with Gasteiger partial charge in [0, 0.05) is 0 Å². The minimum Gasteiger partial charge on any atom is -0.496 e. The largest absolute Gasteiger partial charge is 0.496 e. The van der Waals surface area contributed by atoms with Gasteiger partial charge in [0.05, 0.1) is 12.7 Å². The van der Waals surface area contributed by atoms with E-state index in [-0.39, 0.29) is 0 Å². The monoisotopic (exact) mass is 355 g/mol. The minimum atomic E-state index is -0.423. The van der Waals surface area contributed by atoms with Crippen LogP contribution in [0, 0.1) is 24.2 Å². The van der Waals surface area contributed by atoms with Gasteiger partial charge in [-0.25, -0.2) is 0 Å². The number of amides is 1. The minimum absolute atomic E-state index is 0.372. The first-order valence-electron chi connectivity index (χ1n) is 10.0. The zero-order chi connectivity index (χ0) is 19.1. The molecule has 2 aliphatic rings. The number of primary amides is 1. The lowest BCUT2D eigenvalue weighted by Gasteiger charge is -2.47. The summed E-state index contributed by atoms with van der Waals surface area (Å²) in [6, 6.07) is 4.00. The van der Waals surface area contributed by atoms with Gasteiger partial charge >= 0.3 is 0 Å². The van der Waals surface area contributed by atoms with Gasteiger partial charge in [-0.2, -0.15) is 0 Å². The van der Waals surface area contributed by atoms with Crippen LogP contribution in [0.2, 0.25) is 0 Å². The maximum absolute atomic E-state index is 11.7.